The van der Waals surface area contributed by atoms with E-state index in [1.165, 1.54) is 12.1 Å². The number of nitrogens with one attached hydrogen (secondary N) is 1. The fraction of sp³-hybridized carbons (Fsp3) is 0. The molecule has 3 heteroatoms. The van der Waals surface area contributed by atoms with E-state index in [1.54, 1.807) is 18.3 Å². The van der Waals surface area contributed by atoms with Crippen molar-refractivity contribution in [1.29, 1.82) is 0 Å². The van der Waals surface area contributed by atoms with Gasteiger partial charge in [0.15, 0.2) is 0 Å². The van der Waals surface area contributed by atoms with Gasteiger partial charge in [0.05, 0.1) is 0 Å². The molecule has 0 aliphatic rings. The van der Waals surface area contributed by atoms with Gasteiger partial charge in [-0.3, -0.25) is 0 Å². The molecule has 1 aromatic carbocycles. The van der Waals surface area contributed by atoms with Gasteiger partial charge in [0.1, 0.15) is 5.82 Å². The van der Waals surface area contributed by atoms with Crippen LogP contribution in [0.2, 0.25) is 5.02 Å². The number of H-pyrrole nitrogens is 1. The lowest BCUT2D eigenvalue weighted by Crippen LogP contribution is -1.83. The monoisotopic (exact) mass is 195 g/mol. The Bertz CT molecular complexity index is 409. The summed E-state index contributed by atoms with van der Waals surface area (Å²) in [5.41, 5.74) is 1.23. The molecular formula is C10H7ClFN. The van der Waals surface area contributed by atoms with Crippen molar-refractivity contribution >= 4 is 11.6 Å². The fourth-order valence-electron chi connectivity index (χ4n) is 1.20. The third kappa shape index (κ3) is 1.58. The van der Waals surface area contributed by atoms with Gasteiger partial charge in [-0.05, 0) is 30.3 Å². The normalized spacial score (nSPS) is 10.3. The summed E-state index contributed by atoms with van der Waals surface area (Å²) in [6, 6.07) is 8.11. The van der Waals surface area contributed by atoms with E-state index in [4.69, 9.17) is 11.6 Å². The minimum absolute atomic E-state index is 0.271. The molecule has 13 heavy (non-hydrogen) atoms. The third-order valence-corrected chi connectivity index (χ3v) is 2.05. The molecular weight excluding hydrogens is 189 g/mol. The van der Waals surface area contributed by atoms with Crippen LogP contribution in [0.1, 0.15) is 0 Å². The number of aromatic amines is 1. The Morgan fingerprint density at radius 2 is 2.08 bits per heavy atom. The highest BCUT2D eigenvalue weighted by Crippen LogP contribution is 2.24. The van der Waals surface area contributed by atoms with Gasteiger partial charge in [-0.1, -0.05) is 11.6 Å². The van der Waals surface area contributed by atoms with E-state index in [1.807, 2.05) is 6.07 Å². The summed E-state index contributed by atoms with van der Waals surface area (Å²) in [7, 11) is 0. The Hall–Kier alpha value is -1.28. The Labute approximate surface area is 80.2 Å². The largest absolute Gasteiger partial charge is 0.361 e. The molecule has 0 unspecified atom stereocenters. The van der Waals surface area contributed by atoms with Crippen LogP contribution in [0.5, 0.6) is 0 Å². The van der Waals surface area contributed by atoms with Crippen molar-refractivity contribution in [2.45, 2.75) is 0 Å². The molecule has 0 aliphatic carbocycles. The van der Waals surface area contributed by atoms with Crippen LogP contribution in [-0.2, 0) is 0 Å². The number of aromatic nitrogens is 1. The number of rotatable bonds is 1. The molecule has 1 N–H and O–H groups in total. The van der Waals surface area contributed by atoms with Crippen LogP contribution in [0.3, 0.4) is 0 Å². The number of benzene rings is 1. The molecule has 0 fully saturated rings. The van der Waals surface area contributed by atoms with Gasteiger partial charge >= 0.3 is 0 Å². The van der Waals surface area contributed by atoms with Crippen molar-refractivity contribution in [2.24, 2.45) is 0 Å². The number of halogens is 2. The summed E-state index contributed by atoms with van der Waals surface area (Å²) in [5.74, 6) is -0.271. The van der Waals surface area contributed by atoms with E-state index in [9.17, 15) is 4.39 Å². The molecule has 0 saturated carbocycles. The van der Waals surface area contributed by atoms with E-state index in [-0.39, 0.29) is 5.82 Å². The van der Waals surface area contributed by atoms with Crippen LogP contribution in [-0.4, -0.2) is 4.98 Å². The molecule has 0 amide bonds. The summed E-state index contributed by atoms with van der Waals surface area (Å²) in [6.45, 7) is 0. The molecule has 0 aliphatic heterocycles. The van der Waals surface area contributed by atoms with E-state index < -0.39 is 0 Å². The van der Waals surface area contributed by atoms with Crippen LogP contribution in [0.25, 0.3) is 11.3 Å². The van der Waals surface area contributed by atoms with Crippen LogP contribution >= 0.6 is 11.6 Å². The van der Waals surface area contributed by atoms with E-state index in [0.29, 0.717) is 10.6 Å². The molecule has 0 saturated heterocycles. The second-order valence-corrected chi connectivity index (χ2v) is 3.14. The molecule has 1 nitrogen and oxygen atoms in total. The molecule has 2 rings (SSSR count). The lowest BCUT2D eigenvalue weighted by atomic mass is 10.1. The fourth-order valence-corrected chi connectivity index (χ4v) is 1.37. The quantitative estimate of drug-likeness (QED) is 0.717. The van der Waals surface area contributed by atoms with Crippen LogP contribution in [0.4, 0.5) is 4.39 Å². The zero-order chi connectivity index (χ0) is 9.26. The maximum atomic E-state index is 13.3. The summed E-state index contributed by atoms with van der Waals surface area (Å²) in [6.07, 6.45) is 1.75. The molecule has 0 radical (unpaired) electrons. The third-order valence-electron chi connectivity index (χ3n) is 1.82. The molecule has 66 valence electrons. The average molecular weight is 196 g/mol. The zero-order valence-corrected chi connectivity index (χ0v) is 7.48. The van der Waals surface area contributed by atoms with Gasteiger partial charge in [-0.2, -0.15) is 0 Å². The van der Waals surface area contributed by atoms with Crippen LogP contribution in [0.15, 0.2) is 36.5 Å². The lowest BCUT2D eigenvalue weighted by molar-refractivity contribution is 0.631. The van der Waals surface area contributed by atoms with Crippen molar-refractivity contribution in [3.63, 3.8) is 0 Å². The molecule has 0 spiro atoms. The van der Waals surface area contributed by atoms with Crippen molar-refractivity contribution in [1.82, 2.24) is 4.98 Å². The predicted molar refractivity (Wildman–Crippen MR) is 51.2 cm³/mol. The maximum absolute atomic E-state index is 13.3. The Kier molecular flexibility index (Phi) is 2.07. The standard InChI is InChI=1S/C10H7ClFN/c11-7-3-4-9(12)8(6-7)10-2-1-5-13-10/h1-6,13H. The molecule has 1 aromatic heterocycles. The molecule has 0 atom stereocenters. The first-order valence-electron chi connectivity index (χ1n) is 3.86. The lowest BCUT2D eigenvalue weighted by Gasteiger charge is -2.00. The molecule has 2 aromatic rings. The average Bonchev–Trinajstić information content (AvgIpc) is 2.61. The maximum Gasteiger partial charge on any atom is 0.132 e. The first kappa shape index (κ1) is 8.32. The first-order chi connectivity index (χ1) is 6.27. The van der Waals surface area contributed by atoms with Gasteiger partial charge in [-0.15, -0.1) is 0 Å². The zero-order valence-electron chi connectivity index (χ0n) is 6.72. The minimum Gasteiger partial charge on any atom is -0.361 e. The van der Waals surface area contributed by atoms with Gasteiger partial charge in [0, 0.05) is 22.5 Å². The van der Waals surface area contributed by atoms with Crippen molar-refractivity contribution in [3.05, 3.63) is 47.4 Å². The Balaban J connectivity index is 2.57. The van der Waals surface area contributed by atoms with E-state index in [2.05, 4.69) is 4.98 Å². The first-order valence-corrected chi connectivity index (χ1v) is 4.24. The van der Waals surface area contributed by atoms with E-state index in [0.717, 1.165) is 5.69 Å². The number of hydrogen-bond donors (Lipinski definition) is 1. The second kappa shape index (κ2) is 3.23. The summed E-state index contributed by atoms with van der Waals surface area (Å²) in [5, 5.41) is 0.533. The smallest absolute Gasteiger partial charge is 0.132 e. The minimum atomic E-state index is -0.271. The van der Waals surface area contributed by atoms with Crippen molar-refractivity contribution in [2.75, 3.05) is 0 Å². The van der Waals surface area contributed by atoms with Crippen LogP contribution < -0.4 is 0 Å². The van der Waals surface area contributed by atoms with Gasteiger partial charge in [0.2, 0.25) is 0 Å². The highest BCUT2D eigenvalue weighted by Gasteiger charge is 2.05. The SMILES string of the molecule is Fc1ccc(Cl)cc1-c1ccc[nH]1. The second-order valence-electron chi connectivity index (χ2n) is 2.71. The molecule has 1 heterocycles. The summed E-state index contributed by atoms with van der Waals surface area (Å²) < 4.78 is 13.3. The predicted octanol–water partition coefficient (Wildman–Crippen LogP) is 3.47. The topological polar surface area (TPSA) is 15.8 Å². The Morgan fingerprint density at radius 3 is 2.77 bits per heavy atom. The summed E-state index contributed by atoms with van der Waals surface area (Å²) in [4.78, 5) is 2.92. The van der Waals surface area contributed by atoms with Gasteiger partial charge in [-0.25, -0.2) is 4.39 Å². The number of hydrogen-bond acceptors (Lipinski definition) is 0. The van der Waals surface area contributed by atoms with Crippen molar-refractivity contribution in [3.8, 4) is 11.3 Å². The van der Waals surface area contributed by atoms with E-state index >= 15 is 0 Å². The Morgan fingerprint density at radius 1 is 1.23 bits per heavy atom. The highest BCUT2D eigenvalue weighted by atomic mass is 35.5. The van der Waals surface area contributed by atoms with Gasteiger partial charge < -0.3 is 4.98 Å². The highest BCUT2D eigenvalue weighted by molar-refractivity contribution is 6.30. The summed E-state index contributed by atoms with van der Waals surface area (Å²) >= 11 is 5.75. The van der Waals surface area contributed by atoms with Gasteiger partial charge in [0.25, 0.3) is 0 Å². The van der Waals surface area contributed by atoms with Crippen LogP contribution in [0, 0.1) is 5.82 Å². The van der Waals surface area contributed by atoms with Crippen molar-refractivity contribution < 1.29 is 4.39 Å². The molecule has 0 bridgehead atoms.